The molecule has 0 fully saturated rings. The van der Waals surface area contributed by atoms with Crippen LogP contribution in [0.1, 0.15) is 51.6 Å². The number of aromatic nitrogens is 1. The molecule has 6 heteroatoms. The Labute approximate surface area is 128 Å². The van der Waals surface area contributed by atoms with Crippen LogP contribution in [0, 0.1) is 5.92 Å². The van der Waals surface area contributed by atoms with Crippen molar-refractivity contribution in [2.45, 2.75) is 57.4 Å². The highest BCUT2D eigenvalue weighted by Gasteiger charge is 2.17. The third-order valence-electron chi connectivity index (χ3n) is 3.33. The molecule has 0 saturated carbocycles. The van der Waals surface area contributed by atoms with E-state index >= 15 is 0 Å². The minimum Gasteiger partial charge on any atom is -0.325 e. The normalized spacial score (nSPS) is 12.0. The number of nitrogens with one attached hydrogen (secondary N) is 1. The number of hydrogen-bond donors (Lipinski definition) is 2. The van der Waals surface area contributed by atoms with Gasteiger partial charge in [-0.1, -0.05) is 39.5 Å². The van der Waals surface area contributed by atoms with Gasteiger partial charge in [0.05, 0.1) is 5.69 Å². The van der Waals surface area contributed by atoms with Gasteiger partial charge in [-0.2, -0.15) is 0 Å². The Kier molecular flexibility index (Phi) is 7.85. The van der Waals surface area contributed by atoms with E-state index in [0.717, 1.165) is 25.2 Å². The maximum Gasteiger partial charge on any atom is 0.242 e. The van der Waals surface area contributed by atoms with Crippen LogP contribution in [0.5, 0.6) is 0 Å². The van der Waals surface area contributed by atoms with Crippen molar-refractivity contribution in [1.29, 1.82) is 0 Å². The van der Waals surface area contributed by atoms with Crippen molar-refractivity contribution < 1.29 is 8.42 Å². The monoisotopic (exact) mass is 313 g/mol. The molecule has 0 spiro atoms. The van der Waals surface area contributed by atoms with E-state index in [1.54, 1.807) is 18.3 Å². The summed E-state index contributed by atoms with van der Waals surface area (Å²) in [6.07, 6.45) is 7.06. The van der Waals surface area contributed by atoms with Crippen molar-refractivity contribution in [3.05, 3.63) is 24.0 Å². The lowest BCUT2D eigenvalue weighted by Gasteiger charge is -2.09. The summed E-state index contributed by atoms with van der Waals surface area (Å²) in [5, 5.41) is 0. The number of hydrogen-bond acceptors (Lipinski definition) is 4. The number of pyridine rings is 1. The van der Waals surface area contributed by atoms with Crippen molar-refractivity contribution in [2.24, 2.45) is 11.7 Å². The molecule has 0 unspecified atom stereocenters. The maximum atomic E-state index is 12.2. The smallest absolute Gasteiger partial charge is 0.242 e. The predicted molar refractivity (Wildman–Crippen MR) is 85.2 cm³/mol. The zero-order valence-electron chi connectivity index (χ0n) is 13.0. The van der Waals surface area contributed by atoms with Crippen molar-refractivity contribution >= 4 is 10.0 Å². The number of nitrogens with two attached hydrogens (primary N) is 1. The lowest BCUT2D eigenvalue weighted by Crippen LogP contribution is -2.26. The van der Waals surface area contributed by atoms with Gasteiger partial charge in [-0.3, -0.25) is 4.98 Å². The quantitative estimate of drug-likeness (QED) is 0.650. The van der Waals surface area contributed by atoms with Crippen molar-refractivity contribution in [3.8, 4) is 0 Å². The second-order valence-electron chi connectivity index (χ2n) is 5.65. The average molecular weight is 313 g/mol. The Morgan fingerprint density at radius 2 is 1.95 bits per heavy atom. The number of nitrogens with zero attached hydrogens (tertiary/aromatic N) is 1. The SMILES string of the molecule is CC(C)CCCCCCNS(=O)(=O)c1cccnc1CN. The largest absolute Gasteiger partial charge is 0.325 e. The number of sulfonamides is 1. The fourth-order valence-corrected chi connectivity index (χ4v) is 3.41. The molecular weight excluding hydrogens is 286 g/mol. The Morgan fingerprint density at radius 3 is 2.62 bits per heavy atom. The Balaban J connectivity index is 2.37. The maximum absolute atomic E-state index is 12.2. The zero-order chi connectivity index (χ0) is 15.7. The second kappa shape index (κ2) is 9.12. The van der Waals surface area contributed by atoms with Gasteiger partial charge in [0.2, 0.25) is 10.0 Å². The lowest BCUT2D eigenvalue weighted by atomic mass is 10.0. The van der Waals surface area contributed by atoms with Crippen LogP contribution in [-0.4, -0.2) is 19.9 Å². The van der Waals surface area contributed by atoms with Crippen LogP contribution in [0.3, 0.4) is 0 Å². The highest BCUT2D eigenvalue weighted by molar-refractivity contribution is 7.89. The third-order valence-corrected chi connectivity index (χ3v) is 4.87. The first-order valence-corrected chi connectivity index (χ1v) is 9.09. The first-order valence-electron chi connectivity index (χ1n) is 7.61. The van der Waals surface area contributed by atoms with E-state index < -0.39 is 10.0 Å². The molecule has 1 heterocycles. The summed E-state index contributed by atoms with van der Waals surface area (Å²) in [5.74, 6) is 0.740. The van der Waals surface area contributed by atoms with Gasteiger partial charge in [-0.25, -0.2) is 13.1 Å². The van der Waals surface area contributed by atoms with Crippen LogP contribution in [0.25, 0.3) is 0 Å². The highest BCUT2D eigenvalue weighted by Crippen LogP contribution is 2.13. The summed E-state index contributed by atoms with van der Waals surface area (Å²) >= 11 is 0. The standard InChI is InChI=1S/C15H27N3O2S/c1-13(2)8-5-3-4-6-11-18-21(19,20)15-9-7-10-17-14(15)12-16/h7,9-10,13,18H,3-6,8,11-12,16H2,1-2H3. The molecule has 0 aliphatic rings. The first kappa shape index (κ1) is 18.1. The Morgan fingerprint density at radius 1 is 1.24 bits per heavy atom. The van der Waals surface area contributed by atoms with Gasteiger partial charge in [0.1, 0.15) is 4.90 Å². The number of unbranched alkanes of at least 4 members (excludes halogenated alkanes) is 3. The van der Waals surface area contributed by atoms with Gasteiger partial charge in [-0.15, -0.1) is 0 Å². The molecule has 120 valence electrons. The Bertz CT molecular complexity index is 515. The summed E-state index contributed by atoms with van der Waals surface area (Å²) < 4.78 is 27.0. The van der Waals surface area contributed by atoms with E-state index in [4.69, 9.17) is 5.73 Å². The lowest BCUT2D eigenvalue weighted by molar-refractivity contribution is 0.517. The van der Waals surface area contributed by atoms with E-state index in [1.165, 1.54) is 12.8 Å². The molecule has 0 atom stereocenters. The molecule has 0 aliphatic carbocycles. The minimum atomic E-state index is -3.50. The van der Waals surface area contributed by atoms with Gasteiger partial charge in [0.15, 0.2) is 0 Å². The van der Waals surface area contributed by atoms with E-state index in [1.807, 2.05) is 0 Å². The Hall–Kier alpha value is -0.980. The molecule has 0 bridgehead atoms. The van der Waals surface area contributed by atoms with Crippen molar-refractivity contribution in [2.75, 3.05) is 6.54 Å². The second-order valence-corrected chi connectivity index (χ2v) is 7.38. The third kappa shape index (κ3) is 6.54. The predicted octanol–water partition coefficient (Wildman–Crippen LogP) is 2.43. The highest BCUT2D eigenvalue weighted by atomic mass is 32.2. The summed E-state index contributed by atoms with van der Waals surface area (Å²) in [5.41, 5.74) is 5.93. The van der Waals surface area contributed by atoms with E-state index in [2.05, 4.69) is 23.6 Å². The fourth-order valence-electron chi connectivity index (χ4n) is 2.14. The van der Waals surface area contributed by atoms with Gasteiger partial charge in [0, 0.05) is 19.3 Å². The molecule has 5 nitrogen and oxygen atoms in total. The van der Waals surface area contributed by atoms with Gasteiger partial charge in [-0.05, 0) is 24.5 Å². The van der Waals surface area contributed by atoms with E-state index in [0.29, 0.717) is 12.2 Å². The van der Waals surface area contributed by atoms with Gasteiger partial charge in [0.25, 0.3) is 0 Å². The summed E-state index contributed by atoms with van der Waals surface area (Å²) in [6.45, 7) is 5.02. The summed E-state index contributed by atoms with van der Waals surface area (Å²) in [7, 11) is -3.50. The molecule has 0 aromatic carbocycles. The molecular formula is C15H27N3O2S. The van der Waals surface area contributed by atoms with Crippen molar-refractivity contribution in [3.63, 3.8) is 0 Å². The molecule has 0 saturated heterocycles. The molecule has 1 aromatic heterocycles. The van der Waals surface area contributed by atoms with E-state index in [-0.39, 0.29) is 11.4 Å². The van der Waals surface area contributed by atoms with Crippen LogP contribution >= 0.6 is 0 Å². The molecule has 0 radical (unpaired) electrons. The molecule has 1 rings (SSSR count). The van der Waals surface area contributed by atoms with Crippen LogP contribution in [-0.2, 0) is 16.6 Å². The molecule has 1 aromatic rings. The van der Waals surface area contributed by atoms with E-state index in [9.17, 15) is 8.42 Å². The minimum absolute atomic E-state index is 0.117. The van der Waals surface area contributed by atoms with Gasteiger partial charge >= 0.3 is 0 Å². The molecule has 3 N–H and O–H groups in total. The van der Waals surface area contributed by atoms with Crippen LogP contribution < -0.4 is 10.5 Å². The average Bonchev–Trinajstić information content (AvgIpc) is 2.45. The number of rotatable bonds is 10. The zero-order valence-corrected chi connectivity index (χ0v) is 13.8. The molecule has 0 aliphatic heterocycles. The summed E-state index contributed by atoms with van der Waals surface area (Å²) in [4.78, 5) is 4.19. The first-order chi connectivity index (χ1) is 9.97. The summed E-state index contributed by atoms with van der Waals surface area (Å²) in [6, 6.07) is 3.15. The van der Waals surface area contributed by atoms with Crippen LogP contribution in [0.15, 0.2) is 23.2 Å². The topological polar surface area (TPSA) is 85.1 Å². The van der Waals surface area contributed by atoms with Gasteiger partial charge < -0.3 is 5.73 Å². The van der Waals surface area contributed by atoms with Crippen molar-refractivity contribution in [1.82, 2.24) is 9.71 Å². The molecule has 21 heavy (non-hydrogen) atoms. The van der Waals surface area contributed by atoms with Crippen LogP contribution in [0.4, 0.5) is 0 Å². The molecule has 0 amide bonds. The fraction of sp³-hybridized carbons (Fsp3) is 0.667. The van der Waals surface area contributed by atoms with Crippen LogP contribution in [0.2, 0.25) is 0 Å².